The van der Waals surface area contributed by atoms with Crippen molar-refractivity contribution in [2.75, 3.05) is 25.0 Å². The van der Waals surface area contributed by atoms with Gasteiger partial charge in [-0.3, -0.25) is 14.4 Å². The van der Waals surface area contributed by atoms with Gasteiger partial charge in [0.2, 0.25) is 11.8 Å². The smallest absolute Gasteiger partial charge is 0.254 e. The van der Waals surface area contributed by atoms with Crippen molar-refractivity contribution in [1.82, 2.24) is 10.2 Å². The Balaban J connectivity index is 1.36. The van der Waals surface area contributed by atoms with Crippen LogP contribution in [0.3, 0.4) is 0 Å². The van der Waals surface area contributed by atoms with E-state index in [1.165, 1.54) is 0 Å². The van der Waals surface area contributed by atoms with E-state index in [4.69, 9.17) is 0 Å². The topological polar surface area (TPSA) is 78.5 Å². The number of likely N-dealkylation sites (tertiary alicyclic amines) is 1. The van der Waals surface area contributed by atoms with Gasteiger partial charge in [0.1, 0.15) is 0 Å². The molecule has 1 aliphatic rings. The van der Waals surface area contributed by atoms with E-state index >= 15 is 0 Å². The average Bonchev–Trinajstić information content (AvgIpc) is 2.84. The first-order valence-corrected chi connectivity index (χ1v) is 11.8. The van der Waals surface area contributed by atoms with Crippen molar-refractivity contribution < 1.29 is 14.4 Å². The van der Waals surface area contributed by atoms with Gasteiger partial charge in [-0.1, -0.05) is 54.1 Å². The molecule has 0 aromatic heterocycles. The summed E-state index contributed by atoms with van der Waals surface area (Å²) in [6, 6.07) is 17.6. The molecule has 0 aliphatic carbocycles. The number of carbonyl (C=O) groups excluding carboxylic acids is 3. The second-order valence-electron chi connectivity index (χ2n) is 9.16. The van der Waals surface area contributed by atoms with Crippen LogP contribution in [0.5, 0.6) is 0 Å². The molecule has 34 heavy (non-hydrogen) atoms. The molecule has 3 aromatic rings. The van der Waals surface area contributed by atoms with E-state index in [1.54, 1.807) is 4.90 Å². The average molecular weight is 458 g/mol. The van der Waals surface area contributed by atoms with Crippen LogP contribution in [0, 0.1) is 26.7 Å². The molecule has 3 amide bonds. The normalized spacial score (nSPS) is 15.7. The lowest BCUT2D eigenvalue weighted by atomic mass is 9.95. The highest BCUT2D eigenvalue weighted by atomic mass is 16.2. The van der Waals surface area contributed by atoms with Crippen molar-refractivity contribution in [2.24, 2.45) is 5.92 Å². The Morgan fingerprint density at radius 2 is 1.68 bits per heavy atom. The van der Waals surface area contributed by atoms with Gasteiger partial charge in [0, 0.05) is 24.3 Å². The highest BCUT2D eigenvalue weighted by molar-refractivity contribution is 6.07. The molecule has 0 spiro atoms. The monoisotopic (exact) mass is 457 g/mol. The Bertz CT molecular complexity index is 1220. The lowest BCUT2D eigenvalue weighted by Crippen LogP contribution is -2.46. The summed E-state index contributed by atoms with van der Waals surface area (Å²) in [5.74, 6) is -0.841. The van der Waals surface area contributed by atoms with E-state index in [0.717, 1.165) is 39.6 Å². The van der Waals surface area contributed by atoms with Crippen LogP contribution in [0.4, 0.5) is 5.69 Å². The number of carbonyl (C=O) groups is 3. The molecule has 4 rings (SSSR count). The zero-order valence-corrected chi connectivity index (χ0v) is 20.0. The quantitative estimate of drug-likeness (QED) is 0.597. The number of nitrogens with zero attached hydrogens (tertiary/aromatic N) is 1. The molecule has 1 aliphatic heterocycles. The van der Waals surface area contributed by atoms with Gasteiger partial charge in [-0.2, -0.15) is 0 Å². The minimum absolute atomic E-state index is 0.0580. The second-order valence-corrected chi connectivity index (χ2v) is 9.16. The maximum atomic E-state index is 13.3. The van der Waals surface area contributed by atoms with Crippen molar-refractivity contribution in [3.63, 3.8) is 0 Å². The Hall–Kier alpha value is -3.67. The molecule has 3 aromatic carbocycles. The predicted octanol–water partition coefficient (Wildman–Crippen LogP) is 4.37. The van der Waals surface area contributed by atoms with Crippen molar-refractivity contribution >= 4 is 34.2 Å². The predicted molar refractivity (Wildman–Crippen MR) is 135 cm³/mol. The first-order valence-electron chi connectivity index (χ1n) is 11.8. The number of amides is 3. The van der Waals surface area contributed by atoms with Crippen LogP contribution < -0.4 is 10.6 Å². The summed E-state index contributed by atoms with van der Waals surface area (Å²) in [5.41, 5.74) is 4.57. The van der Waals surface area contributed by atoms with Crippen LogP contribution in [-0.2, 0) is 9.59 Å². The van der Waals surface area contributed by atoms with Gasteiger partial charge in [-0.25, -0.2) is 0 Å². The van der Waals surface area contributed by atoms with E-state index in [1.807, 2.05) is 75.4 Å². The third kappa shape index (κ3) is 5.11. The van der Waals surface area contributed by atoms with Crippen LogP contribution in [0.25, 0.3) is 10.8 Å². The number of anilines is 1. The molecule has 1 saturated heterocycles. The second kappa shape index (κ2) is 10.1. The molecule has 6 nitrogen and oxygen atoms in total. The molecule has 176 valence electrons. The SMILES string of the molecule is Cc1cc(C)c(NC(=O)CNC(=O)C2CCCN(C(=O)c3cccc4ccccc34)C2)c(C)c1. The molecular weight excluding hydrogens is 426 g/mol. The van der Waals surface area contributed by atoms with Gasteiger partial charge in [0.25, 0.3) is 5.91 Å². The van der Waals surface area contributed by atoms with E-state index in [0.29, 0.717) is 25.1 Å². The number of hydrogen-bond acceptors (Lipinski definition) is 3. The molecule has 0 saturated carbocycles. The lowest BCUT2D eigenvalue weighted by Gasteiger charge is -2.32. The summed E-state index contributed by atoms with van der Waals surface area (Å²) in [5, 5.41) is 7.61. The summed E-state index contributed by atoms with van der Waals surface area (Å²) in [7, 11) is 0. The van der Waals surface area contributed by atoms with Gasteiger partial charge in [0.15, 0.2) is 0 Å². The Kier molecular flexibility index (Phi) is 6.96. The van der Waals surface area contributed by atoms with Crippen molar-refractivity contribution in [3.8, 4) is 0 Å². The molecule has 0 radical (unpaired) electrons. The van der Waals surface area contributed by atoms with Gasteiger partial charge in [-0.05, 0) is 61.6 Å². The highest BCUT2D eigenvalue weighted by Gasteiger charge is 2.29. The Morgan fingerprint density at radius 3 is 2.44 bits per heavy atom. The number of hydrogen-bond donors (Lipinski definition) is 2. The van der Waals surface area contributed by atoms with Crippen LogP contribution in [0.15, 0.2) is 54.6 Å². The van der Waals surface area contributed by atoms with Crippen LogP contribution in [0.1, 0.15) is 39.9 Å². The lowest BCUT2D eigenvalue weighted by molar-refractivity contribution is -0.128. The summed E-state index contributed by atoms with van der Waals surface area (Å²) in [4.78, 5) is 40.3. The summed E-state index contributed by atoms with van der Waals surface area (Å²) < 4.78 is 0. The number of rotatable bonds is 5. The zero-order chi connectivity index (χ0) is 24.2. The number of piperidine rings is 1. The van der Waals surface area contributed by atoms with E-state index in [2.05, 4.69) is 10.6 Å². The number of aryl methyl sites for hydroxylation is 3. The fraction of sp³-hybridized carbons (Fsp3) is 0.321. The Morgan fingerprint density at radius 1 is 0.971 bits per heavy atom. The largest absolute Gasteiger partial charge is 0.347 e. The van der Waals surface area contributed by atoms with Crippen LogP contribution in [0.2, 0.25) is 0 Å². The molecular formula is C28H31N3O3. The summed E-state index contributed by atoms with van der Waals surface area (Å²) in [6.45, 7) is 6.81. The fourth-order valence-corrected chi connectivity index (χ4v) is 4.83. The fourth-order valence-electron chi connectivity index (χ4n) is 4.83. The molecule has 2 N–H and O–H groups in total. The van der Waals surface area contributed by atoms with E-state index in [-0.39, 0.29) is 30.2 Å². The number of nitrogens with one attached hydrogen (secondary N) is 2. The molecule has 1 heterocycles. The van der Waals surface area contributed by atoms with Crippen LogP contribution >= 0.6 is 0 Å². The van der Waals surface area contributed by atoms with Crippen molar-refractivity contribution in [2.45, 2.75) is 33.6 Å². The minimum atomic E-state index is -0.330. The van der Waals surface area contributed by atoms with Crippen molar-refractivity contribution in [3.05, 3.63) is 76.9 Å². The first kappa shape index (κ1) is 23.5. The molecule has 1 atom stereocenters. The minimum Gasteiger partial charge on any atom is -0.347 e. The van der Waals surface area contributed by atoms with Gasteiger partial charge >= 0.3 is 0 Å². The summed E-state index contributed by atoms with van der Waals surface area (Å²) >= 11 is 0. The highest BCUT2D eigenvalue weighted by Crippen LogP contribution is 2.24. The third-order valence-corrected chi connectivity index (χ3v) is 6.46. The van der Waals surface area contributed by atoms with E-state index in [9.17, 15) is 14.4 Å². The van der Waals surface area contributed by atoms with Crippen molar-refractivity contribution in [1.29, 1.82) is 0 Å². The maximum Gasteiger partial charge on any atom is 0.254 e. The molecule has 1 unspecified atom stereocenters. The Labute approximate surface area is 200 Å². The number of fused-ring (bicyclic) bond motifs is 1. The maximum absolute atomic E-state index is 13.3. The number of benzene rings is 3. The third-order valence-electron chi connectivity index (χ3n) is 6.46. The van der Waals surface area contributed by atoms with Gasteiger partial charge in [0.05, 0.1) is 12.5 Å². The van der Waals surface area contributed by atoms with Gasteiger partial charge < -0.3 is 15.5 Å². The molecule has 0 bridgehead atoms. The van der Waals surface area contributed by atoms with E-state index < -0.39 is 0 Å². The molecule has 1 fully saturated rings. The zero-order valence-electron chi connectivity index (χ0n) is 20.0. The molecule has 6 heteroatoms. The first-order chi connectivity index (χ1) is 16.3. The van der Waals surface area contributed by atoms with Gasteiger partial charge in [-0.15, -0.1) is 0 Å². The summed E-state index contributed by atoms with van der Waals surface area (Å²) in [6.07, 6.45) is 1.45. The standard InChI is InChI=1S/C28H31N3O3/c1-18-14-19(2)26(20(3)15-18)30-25(32)16-29-27(33)22-10-7-13-31(17-22)28(34)24-12-6-9-21-8-4-5-11-23(21)24/h4-6,8-9,11-12,14-15,22H,7,10,13,16-17H2,1-3H3,(H,29,33)(H,30,32). The van der Waals surface area contributed by atoms with Crippen LogP contribution in [-0.4, -0.2) is 42.3 Å².